The second-order valence-electron chi connectivity index (χ2n) is 4.49. The molecule has 0 spiro atoms. The van der Waals surface area contributed by atoms with E-state index in [-0.39, 0.29) is 5.25 Å². The van der Waals surface area contributed by atoms with Crippen LogP contribution in [-0.4, -0.2) is 38.6 Å². The Hall–Kier alpha value is -2.13. The van der Waals surface area contributed by atoms with Gasteiger partial charge in [0, 0.05) is 13.7 Å². The third-order valence-electron chi connectivity index (χ3n) is 2.93. The van der Waals surface area contributed by atoms with Crippen LogP contribution < -0.4 is 0 Å². The zero-order chi connectivity index (χ0) is 15.4. The van der Waals surface area contributed by atoms with Crippen LogP contribution in [0.4, 0.5) is 0 Å². The van der Waals surface area contributed by atoms with Crippen LogP contribution in [0.3, 0.4) is 0 Å². The second kappa shape index (κ2) is 6.75. The Labute approximate surface area is 130 Å². The van der Waals surface area contributed by atoms with Crippen molar-refractivity contribution in [3.63, 3.8) is 0 Å². The summed E-state index contributed by atoms with van der Waals surface area (Å²) in [5, 5.41) is 12.7. The summed E-state index contributed by atoms with van der Waals surface area (Å²) >= 11 is 1.50. The Kier molecular flexibility index (Phi) is 4.54. The first-order valence-electron chi connectivity index (χ1n) is 6.69. The molecular formula is C13H15N5O3S. The number of hydrogen-bond acceptors (Lipinski definition) is 8. The fourth-order valence-electron chi connectivity index (χ4n) is 1.79. The Morgan fingerprint density at radius 1 is 1.45 bits per heavy atom. The molecule has 0 N–H and O–H groups in total. The zero-order valence-corrected chi connectivity index (χ0v) is 13.0. The molecule has 3 aromatic heterocycles. The van der Waals surface area contributed by atoms with Crippen molar-refractivity contribution in [3.05, 3.63) is 30.6 Å². The normalized spacial score (nSPS) is 12.6. The maximum atomic E-state index is 5.30. The summed E-state index contributed by atoms with van der Waals surface area (Å²) in [6.45, 7) is 3.27. The highest BCUT2D eigenvalue weighted by atomic mass is 32.2. The summed E-state index contributed by atoms with van der Waals surface area (Å²) in [6, 6.07) is 3.57. The second-order valence-corrected chi connectivity index (χ2v) is 5.80. The Balaban J connectivity index is 1.70. The molecule has 0 bridgehead atoms. The molecule has 3 rings (SSSR count). The van der Waals surface area contributed by atoms with E-state index in [2.05, 4.69) is 20.3 Å². The van der Waals surface area contributed by atoms with Gasteiger partial charge in [-0.1, -0.05) is 16.9 Å². The molecule has 0 aliphatic rings. The molecule has 0 saturated heterocycles. The highest BCUT2D eigenvalue weighted by Gasteiger charge is 2.20. The van der Waals surface area contributed by atoms with E-state index >= 15 is 0 Å². The third kappa shape index (κ3) is 3.20. The summed E-state index contributed by atoms with van der Waals surface area (Å²) in [7, 11) is 1.66. The fourth-order valence-corrected chi connectivity index (χ4v) is 2.67. The average molecular weight is 321 g/mol. The molecular weight excluding hydrogens is 306 g/mol. The summed E-state index contributed by atoms with van der Waals surface area (Å²) in [5.74, 6) is 1.53. The summed E-state index contributed by atoms with van der Waals surface area (Å²) in [4.78, 5) is 4.35. The quantitative estimate of drug-likeness (QED) is 0.613. The summed E-state index contributed by atoms with van der Waals surface area (Å²) in [6.07, 6.45) is 3.25. The maximum absolute atomic E-state index is 5.30. The Morgan fingerprint density at radius 3 is 3.14 bits per heavy atom. The van der Waals surface area contributed by atoms with E-state index in [4.69, 9.17) is 13.7 Å². The van der Waals surface area contributed by atoms with Crippen molar-refractivity contribution in [2.75, 3.05) is 13.7 Å². The number of rotatable bonds is 7. The molecule has 22 heavy (non-hydrogen) atoms. The van der Waals surface area contributed by atoms with E-state index < -0.39 is 0 Å². The predicted octanol–water partition coefficient (Wildman–Crippen LogP) is 2.42. The maximum Gasteiger partial charge on any atom is 0.240 e. The summed E-state index contributed by atoms with van der Waals surface area (Å²) < 4.78 is 17.5. The highest BCUT2D eigenvalue weighted by Crippen LogP contribution is 2.33. The van der Waals surface area contributed by atoms with Gasteiger partial charge in [-0.25, -0.2) is 0 Å². The van der Waals surface area contributed by atoms with Crippen LogP contribution in [0.25, 0.3) is 11.6 Å². The molecule has 3 aromatic rings. The van der Waals surface area contributed by atoms with Crippen molar-refractivity contribution in [2.45, 2.75) is 23.9 Å². The van der Waals surface area contributed by atoms with Crippen molar-refractivity contribution < 1.29 is 13.7 Å². The molecule has 8 nitrogen and oxygen atoms in total. The molecule has 1 atom stereocenters. The van der Waals surface area contributed by atoms with Crippen LogP contribution in [0, 0.1) is 0 Å². The van der Waals surface area contributed by atoms with Crippen LogP contribution in [0.1, 0.15) is 18.1 Å². The van der Waals surface area contributed by atoms with E-state index in [1.807, 2.05) is 11.5 Å². The summed E-state index contributed by atoms with van der Waals surface area (Å²) in [5.41, 5.74) is 0. The highest BCUT2D eigenvalue weighted by molar-refractivity contribution is 7.99. The minimum absolute atomic E-state index is 0.0540. The minimum atomic E-state index is -0.0540. The van der Waals surface area contributed by atoms with Crippen LogP contribution in [0.2, 0.25) is 0 Å². The molecule has 0 radical (unpaired) electrons. The monoisotopic (exact) mass is 321 g/mol. The molecule has 3 heterocycles. The average Bonchev–Trinajstić information content (AvgIpc) is 3.25. The molecule has 0 fully saturated rings. The van der Waals surface area contributed by atoms with Gasteiger partial charge in [0.15, 0.2) is 10.9 Å². The topological polar surface area (TPSA) is 92.0 Å². The van der Waals surface area contributed by atoms with Gasteiger partial charge in [0.25, 0.3) is 0 Å². The van der Waals surface area contributed by atoms with Crippen LogP contribution in [-0.2, 0) is 11.3 Å². The van der Waals surface area contributed by atoms with Gasteiger partial charge in [-0.2, -0.15) is 4.98 Å². The largest absolute Gasteiger partial charge is 0.461 e. The van der Waals surface area contributed by atoms with Gasteiger partial charge in [-0.15, -0.1) is 10.2 Å². The van der Waals surface area contributed by atoms with Crippen LogP contribution >= 0.6 is 11.8 Å². The minimum Gasteiger partial charge on any atom is -0.461 e. The van der Waals surface area contributed by atoms with E-state index in [1.165, 1.54) is 11.8 Å². The standard InChI is InChI=1S/C13H15N5O3S/c1-9(22-13-16-14-8-18(13)5-7-19-2)12-15-11(17-21-12)10-4-3-6-20-10/h3-4,6,8-9H,5,7H2,1-2H3/t9-/m0/s1. The molecule has 0 unspecified atom stereocenters. The van der Waals surface area contributed by atoms with Gasteiger partial charge in [0.05, 0.1) is 18.1 Å². The first kappa shape index (κ1) is 14.8. The van der Waals surface area contributed by atoms with Gasteiger partial charge in [-0.05, 0) is 19.1 Å². The first-order valence-corrected chi connectivity index (χ1v) is 7.56. The molecule has 9 heteroatoms. The van der Waals surface area contributed by atoms with Gasteiger partial charge < -0.3 is 18.2 Å². The molecule has 0 aliphatic carbocycles. The lowest BCUT2D eigenvalue weighted by atomic mass is 10.4. The smallest absolute Gasteiger partial charge is 0.240 e. The zero-order valence-electron chi connectivity index (χ0n) is 12.2. The lowest BCUT2D eigenvalue weighted by molar-refractivity contribution is 0.184. The van der Waals surface area contributed by atoms with Gasteiger partial charge in [-0.3, -0.25) is 0 Å². The number of hydrogen-bond donors (Lipinski definition) is 0. The van der Waals surface area contributed by atoms with E-state index in [0.29, 0.717) is 30.6 Å². The number of aromatic nitrogens is 5. The Morgan fingerprint density at radius 2 is 2.36 bits per heavy atom. The van der Waals surface area contributed by atoms with E-state index in [0.717, 1.165) is 5.16 Å². The number of nitrogens with zero attached hydrogens (tertiary/aromatic N) is 5. The van der Waals surface area contributed by atoms with Crippen LogP contribution in [0.5, 0.6) is 0 Å². The lowest BCUT2D eigenvalue weighted by Gasteiger charge is -2.07. The fraction of sp³-hybridized carbons (Fsp3) is 0.385. The molecule has 0 aliphatic heterocycles. The van der Waals surface area contributed by atoms with Crippen molar-refractivity contribution in [1.82, 2.24) is 24.9 Å². The van der Waals surface area contributed by atoms with Gasteiger partial charge in [0.2, 0.25) is 11.7 Å². The lowest BCUT2D eigenvalue weighted by Crippen LogP contribution is -2.05. The third-order valence-corrected chi connectivity index (χ3v) is 4.01. The molecule has 0 aromatic carbocycles. The van der Waals surface area contributed by atoms with Gasteiger partial charge in [0.1, 0.15) is 6.33 Å². The van der Waals surface area contributed by atoms with E-state index in [9.17, 15) is 0 Å². The Bertz CT molecular complexity index is 709. The number of thioether (sulfide) groups is 1. The van der Waals surface area contributed by atoms with E-state index in [1.54, 1.807) is 31.8 Å². The van der Waals surface area contributed by atoms with Crippen LogP contribution in [0.15, 0.2) is 38.8 Å². The van der Waals surface area contributed by atoms with Crippen molar-refractivity contribution in [1.29, 1.82) is 0 Å². The first-order chi connectivity index (χ1) is 10.8. The molecule has 116 valence electrons. The number of furan rings is 1. The van der Waals surface area contributed by atoms with Crippen molar-refractivity contribution in [3.8, 4) is 11.6 Å². The molecule has 0 amide bonds. The van der Waals surface area contributed by atoms with Crippen molar-refractivity contribution in [2.24, 2.45) is 0 Å². The SMILES string of the molecule is COCCn1cnnc1S[C@@H](C)c1nc(-c2ccco2)no1. The number of methoxy groups -OCH3 is 1. The molecule has 0 saturated carbocycles. The predicted molar refractivity (Wildman–Crippen MR) is 78.2 cm³/mol. The van der Waals surface area contributed by atoms with Gasteiger partial charge >= 0.3 is 0 Å². The number of ether oxygens (including phenoxy) is 1. The van der Waals surface area contributed by atoms with Crippen molar-refractivity contribution >= 4 is 11.8 Å².